The molecule has 0 fully saturated rings. The number of nitriles is 1. The molecule has 0 aliphatic rings. The van der Waals surface area contributed by atoms with Crippen molar-refractivity contribution in [2.45, 2.75) is 26.6 Å². The summed E-state index contributed by atoms with van der Waals surface area (Å²) in [5.74, 6) is 0.989. The van der Waals surface area contributed by atoms with Crippen molar-refractivity contribution in [1.82, 2.24) is 9.47 Å². The Morgan fingerprint density at radius 2 is 1.70 bits per heavy atom. The van der Waals surface area contributed by atoms with Gasteiger partial charge >= 0.3 is 6.18 Å². The van der Waals surface area contributed by atoms with Crippen molar-refractivity contribution in [3.05, 3.63) is 117 Å². The van der Waals surface area contributed by atoms with Crippen LogP contribution in [0.5, 0.6) is 11.5 Å². The molecule has 0 aliphatic carbocycles. The van der Waals surface area contributed by atoms with Gasteiger partial charge in [0.2, 0.25) is 0 Å². The number of rotatable bonds is 6. The highest BCUT2D eigenvalue weighted by atomic mass is 32.1. The molecule has 4 rings (SSSR count). The number of ether oxygens (including phenoxy) is 1. The summed E-state index contributed by atoms with van der Waals surface area (Å²) in [6.07, 6.45) is -4.88. The lowest BCUT2D eigenvalue weighted by molar-refractivity contribution is -0.137. The first-order valence-corrected chi connectivity index (χ1v) is 12.7. The molecular formula is C31H26F3N3O2S. The summed E-state index contributed by atoms with van der Waals surface area (Å²) in [4.78, 5) is 15.7. The normalized spacial score (nSPS) is 11.2. The van der Waals surface area contributed by atoms with Crippen LogP contribution in [0.4, 0.5) is 13.2 Å². The number of alkyl halides is 3. The number of thiocarbonyl (C=S) groups is 1. The number of benzene rings is 3. The van der Waals surface area contributed by atoms with Crippen molar-refractivity contribution < 1.29 is 17.9 Å². The quantitative estimate of drug-likeness (QED) is 0.235. The maximum Gasteiger partial charge on any atom is 0.417 e. The van der Waals surface area contributed by atoms with Crippen LogP contribution in [-0.4, -0.2) is 28.6 Å². The molecule has 0 saturated heterocycles. The Morgan fingerprint density at radius 1 is 1.00 bits per heavy atom. The van der Waals surface area contributed by atoms with Crippen LogP contribution in [0.2, 0.25) is 0 Å². The SMILES string of the molecule is Cc1ccc(Cn2c(-c3ccc(Oc4cccc(C(=S)N(C)C)c4)cc3)cc(C(F)(F)F)c(C#N)c2=O)c(C)c1. The molecule has 204 valence electrons. The smallest absolute Gasteiger partial charge is 0.417 e. The number of hydrogen-bond acceptors (Lipinski definition) is 4. The van der Waals surface area contributed by atoms with E-state index in [-0.39, 0.29) is 12.2 Å². The largest absolute Gasteiger partial charge is 0.457 e. The van der Waals surface area contributed by atoms with Gasteiger partial charge in [0.1, 0.15) is 28.1 Å². The molecular weight excluding hydrogens is 535 g/mol. The molecule has 0 amide bonds. The van der Waals surface area contributed by atoms with E-state index in [0.29, 0.717) is 22.1 Å². The molecule has 0 N–H and O–H groups in total. The minimum Gasteiger partial charge on any atom is -0.457 e. The van der Waals surface area contributed by atoms with Gasteiger partial charge in [-0.1, -0.05) is 48.1 Å². The highest BCUT2D eigenvalue weighted by Crippen LogP contribution is 2.34. The summed E-state index contributed by atoms with van der Waals surface area (Å²) in [7, 11) is 3.70. The maximum absolute atomic E-state index is 13.9. The van der Waals surface area contributed by atoms with Gasteiger partial charge in [0, 0.05) is 19.7 Å². The van der Waals surface area contributed by atoms with Crippen LogP contribution in [-0.2, 0) is 12.7 Å². The fraction of sp³-hybridized carbons (Fsp3) is 0.194. The molecule has 40 heavy (non-hydrogen) atoms. The minimum absolute atomic E-state index is 0.00389. The number of aromatic nitrogens is 1. The average molecular weight is 562 g/mol. The van der Waals surface area contributed by atoms with Crippen LogP contribution in [0.25, 0.3) is 11.3 Å². The van der Waals surface area contributed by atoms with Crippen LogP contribution < -0.4 is 10.3 Å². The summed E-state index contributed by atoms with van der Waals surface area (Å²) >= 11 is 5.42. The first-order chi connectivity index (χ1) is 18.9. The van der Waals surface area contributed by atoms with Gasteiger partial charge in [0.15, 0.2) is 0 Å². The second-order valence-corrected chi connectivity index (χ2v) is 9.99. The van der Waals surface area contributed by atoms with E-state index in [1.807, 2.05) is 63.2 Å². The molecule has 4 aromatic rings. The minimum atomic E-state index is -4.88. The molecule has 0 aliphatic heterocycles. The number of aryl methyl sites for hydroxylation is 2. The van der Waals surface area contributed by atoms with Crippen LogP contribution >= 0.6 is 12.2 Å². The summed E-state index contributed by atoms with van der Waals surface area (Å²) in [6.45, 7) is 3.80. The monoisotopic (exact) mass is 561 g/mol. The van der Waals surface area contributed by atoms with Crippen molar-refractivity contribution in [2.75, 3.05) is 14.1 Å². The Bertz CT molecular complexity index is 1680. The second kappa shape index (κ2) is 11.4. The van der Waals surface area contributed by atoms with Gasteiger partial charge in [-0.05, 0) is 73.0 Å². The van der Waals surface area contributed by atoms with E-state index in [2.05, 4.69) is 0 Å². The van der Waals surface area contributed by atoms with Crippen molar-refractivity contribution in [3.63, 3.8) is 0 Å². The molecule has 3 aromatic carbocycles. The Morgan fingerprint density at radius 3 is 2.30 bits per heavy atom. The molecule has 0 bridgehead atoms. The molecule has 0 saturated carbocycles. The van der Waals surface area contributed by atoms with Crippen molar-refractivity contribution >= 4 is 17.2 Å². The molecule has 0 spiro atoms. The van der Waals surface area contributed by atoms with Crippen LogP contribution in [0.3, 0.4) is 0 Å². The van der Waals surface area contributed by atoms with E-state index < -0.39 is 22.9 Å². The van der Waals surface area contributed by atoms with E-state index in [9.17, 15) is 23.2 Å². The van der Waals surface area contributed by atoms with Crippen molar-refractivity contribution in [2.24, 2.45) is 0 Å². The van der Waals surface area contributed by atoms with Gasteiger partial charge in [0.25, 0.3) is 5.56 Å². The highest BCUT2D eigenvalue weighted by molar-refractivity contribution is 7.80. The van der Waals surface area contributed by atoms with E-state index in [1.54, 1.807) is 36.4 Å². The summed E-state index contributed by atoms with van der Waals surface area (Å²) in [6, 6.07) is 21.6. The van der Waals surface area contributed by atoms with E-state index >= 15 is 0 Å². The standard InChI is InChI=1S/C31H26F3N3O2S/c1-19-8-9-23(20(2)14-19)18-37-28(16-27(31(32,33)34)26(17-35)29(37)38)21-10-12-24(13-11-21)39-25-7-5-6-22(15-25)30(40)36(3)4/h5-16H,18H2,1-4H3. The van der Waals surface area contributed by atoms with Crippen molar-refractivity contribution in [1.29, 1.82) is 5.26 Å². The Labute approximate surface area is 235 Å². The van der Waals surface area contributed by atoms with E-state index in [0.717, 1.165) is 28.3 Å². The fourth-order valence-corrected chi connectivity index (χ4v) is 4.48. The van der Waals surface area contributed by atoms with Gasteiger partial charge in [-0.25, -0.2) is 0 Å². The number of halogens is 3. The third-order valence-electron chi connectivity index (χ3n) is 6.42. The lowest BCUT2D eigenvalue weighted by atomic mass is 10.0. The van der Waals surface area contributed by atoms with E-state index in [4.69, 9.17) is 17.0 Å². The van der Waals surface area contributed by atoms with Gasteiger partial charge < -0.3 is 14.2 Å². The maximum atomic E-state index is 13.9. The van der Waals surface area contributed by atoms with Gasteiger partial charge in [0.05, 0.1) is 17.8 Å². The van der Waals surface area contributed by atoms with Crippen LogP contribution in [0.1, 0.15) is 33.4 Å². The van der Waals surface area contributed by atoms with E-state index in [1.165, 1.54) is 10.6 Å². The second-order valence-electron chi connectivity index (χ2n) is 9.60. The van der Waals surface area contributed by atoms with Crippen LogP contribution in [0.15, 0.2) is 77.6 Å². The number of pyridine rings is 1. The summed E-state index contributed by atoms with van der Waals surface area (Å²) in [5, 5.41) is 9.48. The average Bonchev–Trinajstić information content (AvgIpc) is 2.90. The predicted molar refractivity (Wildman–Crippen MR) is 153 cm³/mol. The summed E-state index contributed by atoms with van der Waals surface area (Å²) in [5.41, 5.74) is 0.682. The lowest BCUT2D eigenvalue weighted by Crippen LogP contribution is -2.29. The molecule has 5 nitrogen and oxygen atoms in total. The summed E-state index contributed by atoms with van der Waals surface area (Å²) < 4.78 is 48.9. The number of nitrogens with zero attached hydrogens (tertiary/aromatic N) is 3. The number of hydrogen-bond donors (Lipinski definition) is 0. The highest BCUT2D eigenvalue weighted by Gasteiger charge is 2.36. The molecule has 0 unspecified atom stereocenters. The molecule has 1 heterocycles. The molecule has 9 heteroatoms. The van der Waals surface area contributed by atoms with Crippen LogP contribution in [0, 0.1) is 25.2 Å². The first-order valence-electron chi connectivity index (χ1n) is 12.3. The van der Waals surface area contributed by atoms with Gasteiger partial charge in [-0.3, -0.25) is 4.79 Å². The molecule has 0 radical (unpaired) electrons. The Balaban J connectivity index is 1.77. The zero-order valence-electron chi connectivity index (χ0n) is 22.3. The third kappa shape index (κ3) is 6.08. The van der Waals surface area contributed by atoms with Gasteiger partial charge in [-0.2, -0.15) is 18.4 Å². The Hall–Kier alpha value is -4.42. The zero-order valence-corrected chi connectivity index (χ0v) is 23.2. The lowest BCUT2D eigenvalue weighted by Gasteiger charge is -2.19. The zero-order chi connectivity index (χ0) is 29.2. The van der Waals surface area contributed by atoms with Crippen molar-refractivity contribution in [3.8, 4) is 28.8 Å². The predicted octanol–water partition coefficient (Wildman–Crippen LogP) is 7.10. The Kier molecular flexibility index (Phi) is 8.12. The topological polar surface area (TPSA) is 58.3 Å². The fourth-order valence-electron chi connectivity index (χ4n) is 4.35. The first kappa shape index (κ1) is 28.6. The van der Waals surface area contributed by atoms with Gasteiger partial charge in [-0.15, -0.1) is 0 Å². The molecule has 0 atom stereocenters. The molecule has 1 aromatic heterocycles. The third-order valence-corrected chi connectivity index (χ3v) is 7.02.